The molecule has 0 bridgehead atoms. The van der Waals surface area contributed by atoms with Crippen molar-refractivity contribution in [1.82, 2.24) is 15.5 Å². The predicted molar refractivity (Wildman–Crippen MR) is 148 cm³/mol. The van der Waals surface area contributed by atoms with Crippen LogP contribution in [0.4, 0.5) is 23.7 Å². The molecule has 2 aromatic rings. The average Bonchev–Trinajstić information content (AvgIpc) is 2.95. The van der Waals surface area contributed by atoms with Gasteiger partial charge in [-0.05, 0) is 62.5 Å². The predicted octanol–water partition coefficient (Wildman–Crippen LogP) is 3.49. The number of nitrogens with zero attached hydrogens (tertiary/aromatic N) is 1. The number of carbonyl (C=O) groups excluding carboxylic acids is 5. The van der Waals surface area contributed by atoms with Crippen LogP contribution in [0, 0.1) is 0 Å². The molecular weight excluding hydrogens is 547 g/mol. The van der Waals surface area contributed by atoms with Gasteiger partial charge in [0.05, 0.1) is 6.54 Å². The van der Waals surface area contributed by atoms with E-state index in [2.05, 4.69) is 41.2 Å². The number of carbonyl (C=O) groups is 5. The molecule has 0 saturated heterocycles. The lowest BCUT2D eigenvalue weighted by Gasteiger charge is -2.11. The van der Waals surface area contributed by atoms with E-state index in [-0.39, 0.29) is 29.9 Å². The third kappa shape index (κ3) is 17.1. The third-order valence-corrected chi connectivity index (χ3v) is 5.10. The number of hydrogen-bond acceptors (Lipinski definition) is 8. The molecular formula is C27H36F3N5O6. The second kappa shape index (κ2) is 20.6. The molecule has 0 spiro atoms. The Morgan fingerprint density at radius 2 is 1.66 bits per heavy atom. The molecule has 14 heteroatoms. The first-order valence-corrected chi connectivity index (χ1v) is 12.5. The van der Waals surface area contributed by atoms with Gasteiger partial charge in [-0.1, -0.05) is 32.4 Å². The Balaban J connectivity index is 0.00000102. The maximum absolute atomic E-state index is 12.1. The maximum Gasteiger partial charge on any atom is 0.573 e. The molecule has 11 nitrogen and oxygen atoms in total. The third-order valence-electron chi connectivity index (χ3n) is 5.10. The van der Waals surface area contributed by atoms with Crippen LogP contribution in [0.25, 0.3) is 0 Å². The number of anilines is 1. The van der Waals surface area contributed by atoms with Crippen LogP contribution in [0.3, 0.4) is 0 Å². The van der Waals surface area contributed by atoms with E-state index in [0.717, 1.165) is 12.1 Å². The number of halogens is 3. The van der Waals surface area contributed by atoms with Crippen LogP contribution in [-0.4, -0.2) is 68.9 Å². The number of aldehydes is 1. The van der Waals surface area contributed by atoms with Crippen LogP contribution in [0.15, 0.2) is 42.5 Å². The molecule has 0 aliphatic heterocycles. The SMILES string of the molecule is CCCCN(C)CC.NCC(=O)c1cc(CNC(=O)Nc2ccc(OC(F)(F)F)cc2)ccc1C=O.O=CNC=O. The lowest BCUT2D eigenvalue weighted by molar-refractivity contribution is -0.274. The molecule has 0 unspecified atom stereocenters. The van der Waals surface area contributed by atoms with Gasteiger partial charge in [-0.2, -0.15) is 0 Å². The van der Waals surface area contributed by atoms with Crippen molar-refractivity contribution in [2.75, 3.05) is 32.0 Å². The van der Waals surface area contributed by atoms with E-state index in [9.17, 15) is 27.6 Å². The van der Waals surface area contributed by atoms with Crippen molar-refractivity contribution in [3.8, 4) is 5.75 Å². The Morgan fingerprint density at radius 3 is 2.12 bits per heavy atom. The van der Waals surface area contributed by atoms with Gasteiger partial charge in [-0.3, -0.25) is 19.2 Å². The smallest absolute Gasteiger partial charge is 0.406 e. The van der Waals surface area contributed by atoms with Gasteiger partial charge in [-0.25, -0.2) is 4.79 Å². The average molecular weight is 584 g/mol. The van der Waals surface area contributed by atoms with E-state index in [1.54, 1.807) is 11.4 Å². The molecule has 0 fully saturated rings. The number of nitrogens with one attached hydrogen (secondary N) is 3. The molecule has 0 radical (unpaired) electrons. The second-order valence-electron chi connectivity index (χ2n) is 8.20. The van der Waals surface area contributed by atoms with Crippen molar-refractivity contribution in [2.24, 2.45) is 5.73 Å². The summed E-state index contributed by atoms with van der Waals surface area (Å²) in [5.41, 5.74) is 6.49. The topological polar surface area (TPSA) is 160 Å². The maximum atomic E-state index is 12.1. The summed E-state index contributed by atoms with van der Waals surface area (Å²) >= 11 is 0. The van der Waals surface area contributed by atoms with Gasteiger partial charge < -0.3 is 31.3 Å². The van der Waals surface area contributed by atoms with Crippen LogP contribution < -0.4 is 26.4 Å². The van der Waals surface area contributed by atoms with Crippen molar-refractivity contribution in [2.45, 2.75) is 39.6 Å². The van der Waals surface area contributed by atoms with E-state index in [0.29, 0.717) is 24.7 Å². The number of hydrogen-bond donors (Lipinski definition) is 4. The molecule has 0 heterocycles. The number of imide groups is 1. The standard InChI is InChI=1S/C18H16F3N3O4.C7H17N.C2H3NO2/c19-18(20,21)28-14-5-3-13(4-6-14)24-17(27)23-9-11-1-2-12(10-25)15(7-11)16(26)8-22;1-4-6-7-8(3)5-2;4-1-3-2-5/h1-7,10H,8-9,22H2,(H2,23,24,27);4-7H2,1-3H3;1-2H,(H,3,4,5). The molecule has 41 heavy (non-hydrogen) atoms. The quantitative estimate of drug-likeness (QED) is 0.206. The zero-order valence-corrected chi connectivity index (χ0v) is 23.1. The van der Waals surface area contributed by atoms with Crippen LogP contribution in [-0.2, 0) is 16.1 Å². The minimum Gasteiger partial charge on any atom is -0.406 e. The van der Waals surface area contributed by atoms with E-state index >= 15 is 0 Å². The summed E-state index contributed by atoms with van der Waals surface area (Å²) < 4.78 is 40.1. The molecule has 5 N–H and O–H groups in total. The highest BCUT2D eigenvalue weighted by molar-refractivity contribution is 6.04. The van der Waals surface area contributed by atoms with Crippen molar-refractivity contribution < 1.29 is 41.9 Å². The van der Waals surface area contributed by atoms with E-state index < -0.39 is 23.9 Å². The number of benzene rings is 2. The van der Waals surface area contributed by atoms with Gasteiger partial charge in [0.15, 0.2) is 12.1 Å². The summed E-state index contributed by atoms with van der Waals surface area (Å²) in [6.07, 6.45) is -0.983. The molecule has 0 aliphatic rings. The van der Waals surface area contributed by atoms with Crippen molar-refractivity contribution in [3.63, 3.8) is 0 Å². The van der Waals surface area contributed by atoms with Crippen LogP contribution in [0.5, 0.6) is 5.75 Å². The number of Topliss-reactive ketones (excluding diaryl/α,β-unsaturated/α-hetero) is 1. The summed E-state index contributed by atoms with van der Waals surface area (Å²) in [6, 6.07) is 8.48. The number of ether oxygens (including phenoxy) is 1. The molecule has 4 amide bonds. The largest absolute Gasteiger partial charge is 0.573 e. The van der Waals surface area contributed by atoms with Gasteiger partial charge in [0.25, 0.3) is 0 Å². The first-order chi connectivity index (χ1) is 19.4. The summed E-state index contributed by atoms with van der Waals surface area (Å²) in [5, 5.41) is 6.72. The van der Waals surface area contributed by atoms with Gasteiger partial charge in [-0.15, -0.1) is 13.2 Å². The van der Waals surface area contributed by atoms with Gasteiger partial charge >= 0.3 is 12.4 Å². The number of amides is 4. The summed E-state index contributed by atoms with van der Waals surface area (Å²) in [7, 11) is 2.16. The molecule has 0 atom stereocenters. The Labute approximate surface area is 236 Å². The normalized spacial score (nSPS) is 10.1. The second-order valence-corrected chi connectivity index (χ2v) is 8.20. The highest BCUT2D eigenvalue weighted by Gasteiger charge is 2.30. The number of nitrogens with two attached hydrogens (primary N) is 1. The zero-order valence-electron chi connectivity index (χ0n) is 23.1. The van der Waals surface area contributed by atoms with Crippen molar-refractivity contribution in [3.05, 3.63) is 59.2 Å². The number of alkyl halides is 3. The summed E-state index contributed by atoms with van der Waals surface area (Å²) in [4.78, 5) is 55.1. The first-order valence-electron chi connectivity index (χ1n) is 12.5. The highest BCUT2D eigenvalue weighted by Crippen LogP contribution is 2.23. The lowest BCUT2D eigenvalue weighted by Crippen LogP contribution is -2.28. The van der Waals surface area contributed by atoms with E-state index in [4.69, 9.17) is 15.3 Å². The number of rotatable bonds is 13. The molecule has 0 saturated carbocycles. The Kier molecular flexibility index (Phi) is 18.4. The van der Waals surface area contributed by atoms with Crippen molar-refractivity contribution >= 4 is 36.6 Å². The minimum atomic E-state index is -4.80. The Hall–Kier alpha value is -4.30. The fourth-order valence-corrected chi connectivity index (χ4v) is 2.88. The molecule has 2 aromatic carbocycles. The van der Waals surface area contributed by atoms with Crippen LogP contribution >= 0.6 is 0 Å². The number of unbranched alkanes of at least 4 members (excludes halogenated alkanes) is 1. The Morgan fingerprint density at radius 1 is 1.02 bits per heavy atom. The lowest BCUT2D eigenvalue weighted by atomic mass is 10.0. The Bertz CT molecular complexity index is 1090. The highest BCUT2D eigenvalue weighted by atomic mass is 19.4. The van der Waals surface area contributed by atoms with E-state index in [1.165, 1.54) is 50.2 Å². The molecule has 2 rings (SSSR count). The summed E-state index contributed by atoms with van der Waals surface area (Å²) in [5.74, 6) is -0.819. The minimum absolute atomic E-state index is 0.0467. The number of urea groups is 1. The van der Waals surface area contributed by atoms with Gasteiger partial charge in [0.1, 0.15) is 5.75 Å². The fraction of sp³-hybridized carbons (Fsp3) is 0.370. The molecule has 226 valence electrons. The van der Waals surface area contributed by atoms with Crippen LogP contribution in [0.2, 0.25) is 0 Å². The molecule has 0 aliphatic carbocycles. The zero-order chi connectivity index (χ0) is 31.3. The monoisotopic (exact) mass is 583 g/mol. The van der Waals surface area contributed by atoms with E-state index in [1.807, 2.05) is 0 Å². The van der Waals surface area contributed by atoms with Crippen molar-refractivity contribution in [1.29, 1.82) is 0 Å². The van der Waals surface area contributed by atoms with Gasteiger partial charge in [0.2, 0.25) is 12.8 Å². The summed E-state index contributed by atoms with van der Waals surface area (Å²) in [6.45, 7) is 6.64. The van der Waals surface area contributed by atoms with Crippen LogP contribution in [0.1, 0.15) is 53.0 Å². The number of ketones is 1. The fourth-order valence-electron chi connectivity index (χ4n) is 2.88. The molecule has 0 aromatic heterocycles. The first kappa shape index (κ1) is 36.7. The van der Waals surface area contributed by atoms with Gasteiger partial charge in [0, 0.05) is 23.4 Å².